The fourth-order valence-corrected chi connectivity index (χ4v) is 5.39. The Morgan fingerprint density at radius 2 is 1.80 bits per heavy atom. The summed E-state index contributed by atoms with van der Waals surface area (Å²) >= 11 is 0. The number of nitrogens with two attached hydrogens (primary N) is 1. The summed E-state index contributed by atoms with van der Waals surface area (Å²) in [4.78, 5) is 26.2. The third kappa shape index (κ3) is 6.24. The van der Waals surface area contributed by atoms with E-state index in [9.17, 15) is 13.2 Å². The lowest BCUT2D eigenvalue weighted by molar-refractivity contribution is -0.127. The van der Waals surface area contributed by atoms with Gasteiger partial charge in [0.25, 0.3) is 0 Å². The van der Waals surface area contributed by atoms with Gasteiger partial charge in [-0.3, -0.25) is 9.35 Å². The monoisotopic (exact) mass is 563 g/mol. The molecule has 0 spiro atoms. The zero-order valence-corrected chi connectivity index (χ0v) is 22.4. The van der Waals surface area contributed by atoms with E-state index in [1.807, 2.05) is 17.0 Å². The van der Waals surface area contributed by atoms with Gasteiger partial charge in [0, 0.05) is 18.8 Å². The number of benzene rings is 2. The minimum atomic E-state index is -4.59. The molecule has 3 heterocycles. The van der Waals surface area contributed by atoms with E-state index in [1.54, 1.807) is 12.1 Å². The smallest absolute Gasteiger partial charge is 0.446 e. The van der Waals surface area contributed by atoms with Gasteiger partial charge in [-0.2, -0.15) is 8.42 Å². The van der Waals surface area contributed by atoms with E-state index >= 15 is 0 Å². The Hall–Kier alpha value is -4.42. The minimum Gasteiger partial charge on any atom is -0.457 e. The number of piperidine rings is 1. The average Bonchev–Trinajstić information content (AvgIpc) is 3.32. The fraction of sp³-hybridized carbons (Fsp3) is 0.250. The van der Waals surface area contributed by atoms with Crippen LogP contribution in [0.25, 0.3) is 22.2 Å². The molecule has 1 unspecified atom stereocenters. The van der Waals surface area contributed by atoms with E-state index < -0.39 is 10.4 Å². The van der Waals surface area contributed by atoms with Crippen molar-refractivity contribution in [3.63, 3.8) is 0 Å². The maximum absolute atomic E-state index is 12.1. The van der Waals surface area contributed by atoms with Crippen molar-refractivity contribution in [3.8, 4) is 28.5 Å². The van der Waals surface area contributed by atoms with Crippen molar-refractivity contribution < 1.29 is 26.7 Å². The molecule has 4 N–H and O–H groups in total. The van der Waals surface area contributed by atoms with Crippen LogP contribution in [0, 0.1) is 5.92 Å². The number of aromatic nitrogens is 3. The predicted octanol–water partition coefficient (Wildman–Crippen LogP) is 4.54. The number of rotatable bonds is 9. The number of amides is 1. The number of nitrogens with one attached hydrogen (secondary N) is 1. The van der Waals surface area contributed by atoms with Crippen LogP contribution in [0.15, 0.2) is 67.5 Å². The summed E-state index contributed by atoms with van der Waals surface area (Å²) in [6.07, 6.45) is 6.55. The van der Waals surface area contributed by atoms with Gasteiger partial charge in [-0.15, -0.1) is 0 Å². The summed E-state index contributed by atoms with van der Waals surface area (Å²) in [6.45, 7) is 5.11. The third-order valence-electron chi connectivity index (χ3n) is 6.90. The normalized spacial score (nSPS) is 15.6. The standard InChI is InChI=1S/C28H29N5O6S/c1-2-24(34)33-15-3-4-18(16-33)5-14-23-27-25(28(29)31-17-30-27)26(32-23)19-6-8-20(9-7-19)38-21-10-12-22(13-11-21)39-40(35,36)37/h2,6-13,17-18,32H,1,3-5,14-16H2,(H2,29,30,31)(H,35,36,37). The Bertz CT molecular complexity index is 1630. The molecule has 208 valence electrons. The molecule has 0 aliphatic carbocycles. The number of aromatic amines is 1. The largest absolute Gasteiger partial charge is 0.457 e. The zero-order valence-electron chi connectivity index (χ0n) is 21.6. The maximum atomic E-state index is 12.1. The Labute approximate surface area is 231 Å². The summed E-state index contributed by atoms with van der Waals surface area (Å²) in [7, 11) is -4.59. The van der Waals surface area contributed by atoms with Crippen molar-refractivity contribution in [2.75, 3.05) is 18.8 Å². The molecule has 11 nitrogen and oxygen atoms in total. The molecule has 2 aromatic heterocycles. The molecule has 1 fully saturated rings. The molecule has 5 rings (SSSR count). The highest BCUT2D eigenvalue weighted by atomic mass is 32.3. The number of H-pyrrole nitrogens is 1. The first-order valence-corrected chi connectivity index (χ1v) is 14.1. The molecule has 0 saturated carbocycles. The number of likely N-dealkylation sites (tertiary alicyclic amines) is 1. The lowest BCUT2D eigenvalue weighted by atomic mass is 9.92. The summed E-state index contributed by atoms with van der Waals surface area (Å²) < 4.78 is 40.8. The molecular formula is C28H29N5O6S. The molecule has 1 amide bonds. The Balaban J connectivity index is 1.32. The van der Waals surface area contributed by atoms with Crippen molar-refractivity contribution >= 4 is 33.0 Å². The lowest BCUT2D eigenvalue weighted by Crippen LogP contribution is -2.39. The zero-order chi connectivity index (χ0) is 28.3. The summed E-state index contributed by atoms with van der Waals surface area (Å²) in [5.74, 6) is 1.73. The van der Waals surface area contributed by atoms with Gasteiger partial charge in [0.1, 0.15) is 29.4 Å². The fourth-order valence-electron chi connectivity index (χ4n) is 5.03. The van der Waals surface area contributed by atoms with Gasteiger partial charge in [0.15, 0.2) is 0 Å². The van der Waals surface area contributed by atoms with Crippen LogP contribution in [-0.2, 0) is 21.6 Å². The van der Waals surface area contributed by atoms with Gasteiger partial charge >= 0.3 is 10.4 Å². The number of aryl methyl sites for hydroxylation is 1. The quantitative estimate of drug-likeness (QED) is 0.196. The number of ether oxygens (including phenoxy) is 1. The summed E-state index contributed by atoms with van der Waals surface area (Å²) in [5, 5.41) is 0.757. The van der Waals surface area contributed by atoms with E-state index in [2.05, 4.69) is 25.7 Å². The highest BCUT2D eigenvalue weighted by molar-refractivity contribution is 7.81. The van der Waals surface area contributed by atoms with Crippen molar-refractivity contribution in [2.45, 2.75) is 25.7 Å². The molecule has 4 aromatic rings. The van der Waals surface area contributed by atoms with Crippen LogP contribution >= 0.6 is 0 Å². The van der Waals surface area contributed by atoms with Crippen LogP contribution in [0.3, 0.4) is 0 Å². The molecule has 1 atom stereocenters. The van der Waals surface area contributed by atoms with Gasteiger partial charge in [-0.1, -0.05) is 6.58 Å². The van der Waals surface area contributed by atoms with Crippen LogP contribution in [0.4, 0.5) is 5.82 Å². The summed E-state index contributed by atoms with van der Waals surface area (Å²) in [5.41, 5.74) is 9.73. The van der Waals surface area contributed by atoms with Gasteiger partial charge in [0.05, 0.1) is 16.6 Å². The van der Waals surface area contributed by atoms with Crippen LogP contribution in [-0.4, -0.2) is 51.8 Å². The van der Waals surface area contributed by atoms with Crippen molar-refractivity contribution in [3.05, 3.63) is 73.2 Å². The number of nitrogen functional groups attached to an aromatic ring is 1. The van der Waals surface area contributed by atoms with Gasteiger partial charge in [-0.25, -0.2) is 9.97 Å². The Morgan fingerprint density at radius 3 is 2.48 bits per heavy atom. The highest BCUT2D eigenvalue weighted by Gasteiger charge is 2.23. The second-order valence-corrected chi connectivity index (χ2v) is 10.6. The number of fused-ring (bicyclic) bond motifs is 1. The molecule has 1 saturated heterocycles. The predicted molar refractivity (Wildman–Crippen MR) is 150 cm³/mol. The first-order valence-electron chi connectivity index (χ1n) is 12.8. The van der Waals surface area contributed by atoms with Crippen LogP contribution in [0.5, 0.6) is 17.2 Å². The van der Waals surface area contributed by atoms with E-state index in [4.69, 9.17) is 15.0 Å². The number of nitrogens with zero attached hydrogens (tertiary/aromatic N) is 3. The minimum absolute atomic E-state index is 0.0200. The number of hydrogen-bond acceptors (Lipinski definition) is 8. The average molecular weight is 564 g/mol. The lowest BCUT2D eigenvalue weighted by Gasteiger charge is -2.32. The van der Waals surface area contributed by atoms with E-state index in [0.717, 1.165) is 66.6 Å². The number of hydrogen-bond donors (Lipinski definition) is 3. The van der Waals surface area contributed by atoms with E-state index in [-0.39, 0.29) is 11.7 Å². The van der Waals surface area contributed by atoms with Crippen LogP contribution in [0.2, 0.25) is 0 Å². The SMILES string of the molecule is C=CC(=O)N1CCCC(CCc2[nH]c(-c3ccc(Oc4ccc(OS(=O)(=O)O)cc4)cc3)c3c(N)ncnc23)C1. The molecule has 1 aliphatic rings. The third-order valence-corrected chi connectivity index (χ3v) is 7.30. The number of carbonyl (C=O) groups excluding carboxylic acids is 1. The van der Waals surface area contributed by atoms with Gasteiger partial charge < -0.3 is 24.5 Å². The first-order chi connectivity index (χ1) is 19.2. The number of anilines is 1. The van der Waals surface area contributed by atoms with E-state index in [0.29, 0.717) is 23.2 Å². The van der Waals surface area contributed by atoms with E-state index in [1.165, 1.54) is 36.7 Å². The molecule has 12 heteroatoms. The second kappa shape index (κ2) is 11.4. The molecule has 2 aromatic carbocycles. The second-order valence-electron chi connectivity index (χ2n) is 9.61. The van der Waals surface area contributed by atoms with Crippen LogP contribution in [0.1, 0.15) is 25.0 Å². The maximum Gasteiger partial charge on any atom is 0.446 e. The van der Waals surface area contributed by atoms with Crippen molar-refractivity contribution in [1.82, 2.24) is 19.9 Å². The molecule has 0 radical (unpaired) electrons. The Kier molecular flexibility index (Phi) is 7.71. The highest BCUT2D eigenvalue weighted by Crippen LogP contribution is 2.35. The first kappa shape index (κ1) is 27.2. The van der Waals surface area contributed by atoms with Gasteiger partial charge in [-0.05, 0) is 91.8 Å². The molecule has 40 heavy (non-hydrogen) atoms. The molecule has 1 aliphatic heterocycles. The molecular weight excluding hydrogens is 534 g/mol. The topological polar surface area (TPSA) is 161 Å². The number of carbonyl (C=O) groups is 1. The van der Waals surface area contributed by atoms with Crippen LogP contribution < -0.4 is 14.7 Å². The molecule has 0 bridgehead atoms. The van der Waals surface area contributed by atoms with Gasteiger partial charge in [0.2, 0.25) is 5.91 Å². The van der Waals surface area contributed by atoms with Crippen molar-refractivity contribution in [1.29, 1.82) is 0 Å². The van der Waals surface area contributed by atoms with Crippen molar-refractivity contribution in [2.24, 2.45) is 5.92 Å². The summed E-state index contributed by atoms with van der Waals surface area (Å²) in [6, 6.07) is 13.2. The Morgan fingerprint density at radius 1 is 1.12 bits per heavy atom.